The molecule has 0 saturated heterocycles. The first-order valence-electron chi connectivity index (χ1n) is 5.67. The summed E-state index contributed by atoms with van der Waals surface area (Å²) in [5.74, 6) is 1.41. The first-order valence-corrected chi connectivity index (χ1v) is 6.79. The Hall–Kier alpha value is -1.10. The zero-order chi connectivity index (χ0) is 12.3. The number of halogens is 1. The Morgan fingerprint density at radius 1 is 1.47 bits per heavy atom. The second kappa shape index (κ2) is 5.49. The summed E-state index contributed by atoms with van der Waals surface area (Å²) in [5.41, 5.74) is 0.939. The van der Waals surface area contributed by atoms with E-state index in [1.165, 1.54) is 25.3 Å². The Bertz CT molecular complexity index is 418. The van der Waals surface area contributed by atoms with Gasteiger partial charge >= 0.3 is 0 Å². The van der Waals surface area contributed by atoms with Crippen molar-refractivity contribution in [1.29, 1.82) is 0 Å². The van der Waals surface area contributed by atoms with Gasteiger partial charge in [-0.3, -0.25) is 10.1 Å². The van der Waals surface area contributed by atoms with Gasteiger partial charge in [-0.25, -0.2) is 0 Å². The molecule has 0 radical (unpaired) electrons. The van der Waals surface area contributed by atoms with E-state index in [4.69, 9.17) is 4.74 Å². The second-order valence-corrected chi connectivity index (χ2v) is 4.85. The van der Waals surface area contributed by atoms with Crippen LogP contribution in [0.2, 0.25) is 0 Å². The third kappa shape index (κ3) is 2.97. The number of nitro groups is 1. The molecule has 0 bridgehead atoms. The molecule has 0 heterocycles. The van der Waals surface area contributed by atoms with Crippen LogP contribution in [-0.2, 0) is 5.33 Å². The number of rotatable bonds is 5. The van der Waals surface area contributed by atoms with Crippen LogP contribution < -0.4 is 4.74 Å². The first-order chi connectivity index (χ1) is 8.20. The van der Waals surface area contributed by atoms with Crippen LogP contribution in [0.25, 0.3) is 0 Å². The van der Waals surface area contributed by atoms with Gasteiger partial charge in [-0.05, 0) is 24.8 Å². The molecule has 5 heteroatoms. The lowest BCUT2D eigenvalue weighted by atomic mass is 9.86. The van der Waals surface area contributed by atoms with Crippen LogP contribution in [-0.4, -0.2) is 11.5 Å². The summed E-state index contributed by atoms with van der Waals surface area (Å²) in [4.78, 5) is 10.3. The summed E-state index contributed by atoms with van der Waals surface area (Å²) < 4.78 is 5.71. The maximum absolute atomic E-state index is 10.7. The molecule has 1 fully saturated rings. The smallest absolute Gasteiger partial charge is 0.270 e. The van der Waals surface area contributed by atoms with E-state index in [2.05, 4.69) is 15.9 Å². The molecular formula is C12H14BrNO3. The first kappa shape index (κ1) is 12.4. The molecular weight excluding hydrogens is 286 g/mol. The normalized spacial score (nSPS) is 15.4. The van der Waals surface area contributed by atoms with Crippen molar-refractivity contribution < 1.29 is 9.66 Å². The number of hydrogen-bond donors (Lipinski definition) is 0. The van der Waals surface area contributed by atoms with Gasteiger partial charge in [0.25, 0.3) is 5.69 Å². The van der Waals surface area contributed by atoms with Crippen LogP contribution in [0.1, 0.15) is 24.8 Å². The van der Waals surface area contributed by atoms with Crippen LogP contribution in [0.5, 0.6) is 5.75 Å². The van der Waals surface area contributed by atoms with E-state index in [9.17, 15) is 10.1 Å². The minimum Gasteiger partial charge on any atom is -0.493 e. The number of nitrogens with zero attached hydrogens (tertiary/aromatic N) is 1. The molecule has 0 unspecified atom stereocenters. The molecule has 0 aromatic heterocycles. The predicted molar refractivity (Wildman–Crippen MR) is 68.6 cm³/mol. The molecule has 1 aromatic rings. The quantitative estimate of drug-likeness (QED) is 0.473. The molecule has 1 aliphatic carbocycles. The molecule has 1 saturated carbocycles. The van der Waals surface area contributed by atoms with Crippen molar-refractivity contribution in [1.82, 2.24) is 0 Å². The van der Waals surface area contributed by atoms with E-state index < -0.39 is 0 Å². The molecule has 0 N–H and O–H groups in total. The summed E-state index contributed by atoms with van der Waals surface area (Å²) in [6.07, 6.45) is 3.76. The molecule has 0 aliphatic heterocycles. The summed E-state index contributed by atoms with van der Waals surface area (Å²) in [6, 6.07) is 4.74. The summed E-state index contributed by atoms with van der Waals surface area (Å²) in [5, 5.41) is 11.2. The number of ether oxygens (including phenoxy) is 1. The van der Waals surface area contributed by atoms with Crippen LogP contribution >= 0.6 is 15.9 Å². The molecule has 0 spiro atoms. The van der Waals surface area contributed by atoms with E-state index in [0.717, 1.165) is 17.9 Å². The number of non-ortho nitro benzene ring substituents is 1. The van der Waals surface area contributed by atoms with Crippen molar-refractivity contribution in [2.24, 2.45) is 5.92 Å². The molecule has 0 atom stereocenters. The van der Waals surface area contributed by atoms with Gasteiger partial charge in [0.05, 0.1) is 11.5 Å². The van der Waals surface area contributed by atoms with Gasteiger partial charge in [0, 0.05) is 23.0 Å². The van der Waals surface area contributed by atoms with Crippen LogP contribution in [0.3, 0.4) is 0 Å². The van der Waals surface area contributed by atoms with Crippen molar-refractivity contribution in [3.63, 3.8) is 0 Å². The Morgan fingerprint density at radius 2 is 2.24 bits per heavy atom. The Kier molecular flexibility index (Phi) is 3.99. The van der Waals surface area contributed by atoms with Gasteiger partial charge in [-0.15, -0.1) is 0 Å². The van der Waals surface area contributed by atoms with E-state index in [0.29, 0.717) is 11.2 Å². The van der Waals surface area contributed by atoms with E-state index >= 15 is 0 Å². The third-order valence-corrected chi connectivity index (χ3v) is 3.70. The topological polar surface area (TPSA) is 52.4 Å². The standard InChI is InChI=1S/C12H14BrNO3/c13-7-10-6-11(14(15)16)4-5-12(10)17-8-9-2-1-3-9/h4-6,9H,1-3,7-8H2. The number of nitro benzene ring substituents is 1. The third-order valence-electron chi connectivity index (χ3n) is 3.10. The highest BCUT2D eigenvalue weighted by molar-refractivity contribution is 9.08. The molecule has 4 nitrogen and oxygen atoms in total. The Balaban J connectivity index is 2.06. The number of benzene rings is 1. The minimum absolute atomic E-state index is 0.107. The SMILES string of the molecule is O=[N+]([O-])c1ccc(OCC2CCC2)c(CBr)c1. The average molecular weight is 300 g/mol. The van der Waals surface area contributed by atoms with E-state index in [1.54, 1.807) is 12.1 Å². The fraction of sp³-hybridized carbons (Fsp3) is 0.500. The maximum Gasteiger partial charge on any atom is 0.270 e. The highest BCUT2D eigenvalue weighted by Crippen LogP contribution is 2.30. The van der Waals surface area contributed by atoms with E-state index in [-0.39, 0.29) is 10.6 Å². The van der Waals surface area contributed by atoms with Crippen molar-refractivity contribution in [2.75, 3.05) is 6.61 Å². The van der Waals surface area contributed by atoms with Crippen LogP contribution in [0, 0.1) is 16.0 Å². The summed E-state index contributed by atoms with van der Waals surface area (Å²) in [7, 11) is 0. The second-order valence-electron chi connectivity index (χ2n) is 4.29. The Labute approximate surface area is 108 Å². The number of hydrogen-bond acceptors (Lipinski definition) is 3. The van der Waals surface area contributed by atoms with Gasteiger partial charge in [-0.1, -0.05) is 22.4 Å². The minimum atomic E-state index is -0.387. The van der Waals surface area contributed by atoms with Crippen LogP contribution in [0.4, 0.5) is 5.69 Å². The lowest BCUT2D eigenvalue weighted by molar-refractivity contribution is -0.384. The Morgan fingerprint density at radius 3 is 2.76 bits per heavy atom. The highest BCUT2D eigenvalue weighted by atomic mass is 79.9. The van der Waals surface area contributed by atoms with Crippen molar-refractivity contribution in [3.05, 3.63) is 33.9 Å². The highest BCUT2D eigenvalue weighted by Gasteiger charge is 2.19. The largest absolute Gasteiger partial charge is 0.493 e. The summed E-state index contributed by atoms with van der Waals surface area (Å²) >= 11 is 3.33. The molecule has 17 heavy (non-hydrogen) atoms. The molecule has 2 rings (SSSR count). The fourth-order valence-electron chi connectivity index (χ4n) is 1.79. The molecule has 1 aromatic carbocycles. The van der Waals surface area contributed by atoms with Gasteiger partial charge in [0.1, 0.15) is 5.75 Å². The van der Waals surface area contributed by atoms with Gasteiger partial charge in [0.2, 0.25) is 0 Å². The average Bonchev–Trinajstić information content (AvgIpc) is 2.27. The lowest BCUT2D eigenvalue weighted by Crippen LogP contribution is -2.19. The van der Waals surface area contributed by atoms with Crippen molar-refractivity contribution in [2.45, 2.75) is 24.6 Å². The van der Waals surface area contributed by atoms with Gasteiger partial charge in [-0.2, -0.15) is 0 Å². The number of alkyl halides is 1. The molecule has 92 valence electrons. The van der Waals surface area contributed by atoms with Crippen molar-refractivity contribution in [3.8, 4) is 5.75 Å². The monoisotopic (exact) mass is 299 g/mol. The lowest BCUT2D eigenvalue weighted by Gasteiger charge is -2.25. The van der Waals surface area contributed by atoms with Crippen molar-refractivity contribution >= 4 is 21.6 Å². The molecule has 0 amide bonds. The van der Waals surface area contributed by atoms with E-state index in [1.807, 2.05) is 0 Å². The maximum atomic E-state index is 10.7. The zero-order valence-electron chi connectivity index (χ0n) is 9.39. The van der Waals surface area contributed by atoms with Gasteiger partial charge < -0.3 is 4.74 Å². The summed E-state index contributed by atoms with van der Waals surface area (Å²) in [6.45, 7) is 0.720. The van der Waals surface area contributed by atoms with Gasteiger partial charge in [0.15, 0.2) is 0 Å². The zero-order valence-corrected chi connectivity index (χ0v) is 11.0. The van der Waals surface area contributed by atoms with Crippen LogP contribution in [0.15, 0.2) is 18.2 Å². The predicted octanol–water partition coefficient (Wildman–Crippen LogP) is 3.67. The molecule has 1 aliphatic rings. The fourth-order valence-corrected chi connectivity index (χ4v) is 2.23.